The van der Waals surface area contributed by atoms with Crippen molar-refractivity contribution in [1.29, 1.82) is 0 Å². The van der Waals surface area contributed by atoms with Gasteiger partial charge in [-0.25, -0.2) is 0 Å². The van der Waals surface area contributed by atoms with Gasteiger partial charge in [-0.3, -0.25) is 0 Å². The molecule has 1 aliphatic heterocycles. The highest BCUT2D eigenvalue weighted by atomic mass is 28.4. The molecule has 0 bridgehead atoms. The molecule has 0 aromatic rings. The minimum absolute atomic E-state index is 0.601. The Morgan fingerprint density at radius 1 is 1.29 bits per heavy atom. The molecule has 14 heavy (non-hydrogen) atoms. The Balaban J connectivity index is 1.70. The fourth-order valence-electron chi connectivity index (χ4n) is 2.08. The summed E-state index contributed by atoms with van der Waals surface area (Å²) in [5.74, 6) is 0.775. The minimum atomic E-state index is -1.31. The van der Waals surface area contributed by atoms with Crippen molar-refractivity contribution in [2.75, 3.05) is 6.61 Å². The molecule has 2 nitrogen and oxygen atoms in total. The third-order valence-corrected chi connectivity index (χ3v) is 6.32. The van der Waals surface area contributed by atoms with Gasteiger partial charge in [0.15, 0.2) is 8.32 Å². The SMILES string of the molecule is CC[Si](C)(C)OCC1CCC2OC2C1. The van der Waals surface area contributed by atoms with Crippen LogP contribution in [0, 0.1) is 5.92 Å². The predicted octanol–water partition coefficient (Wildman–Crippen LogP) is 2.80. The molecule has 0 aromatic carbocycles. The van der Waals surface area contributed by atoms with Crippen LogP contribution in [0.4, 0.5) is 0 Å². The van der Waals surface area contributed by atoms with E-state index in [-0.39, 0.29) is 0 Å². The zero-order valence-electron chi connectivity index (χ0n) is 9.58. The summed E-state index contributed by atoms with van der Waals surface area (Å²) in [4.78, 5) is 0. The predicted molar refractivity (Wildman–Crippen MR) is 59.9 cm³/mol. The topological polar surface area (TPSA) is 21.8 Å². The molecular formula is C11H22O2Si. The first-order chi connectivity index (χ1) is 6.61. The van der Waals surface area contributed by atoms with E-state index in [1.807, 2.05) is 0 Å². The highest BCUT2D eigenvalue weighted by Crippen LogP contribution is 2.39. The first-order valence-corrected chi connectivity index (χ1v) is 9.01. The minimum Gasteiger partial charge on any atom is -0.417 e. The molecule has 0 aromatic heterocycles. The lowest BCUT2D eigenvalue weighted by atomic mass is 9.90. The van der Waals surface area contributed by atoms with Gasteiger partial charge in [0, 0.05) is 6.61 Å². The lowest BCUT2D eigenvalue weighted by Crippen LogP contribution is -2.32. The van der Waals surface area contributed by atoms with Crippen LogP contribution in [0.25, 0.3) is 0 Å². The average Bonchev–Trinajstić information content (AvgIpc) is 2.93. The van der Waals surface area contributed by atoms with Crippen LogP contribution in [0.15, 0.2) is 0 Å². The summed E-state index contributed by atoms with van der Waals surface area (Å²) >= 11 is 0. The van der Waals surface area contributed by atoms with Crippen molar-refractivity contribution in [3.8, 4) is 0 Å². The summed E-state index contributed by atoms with van der Waals surface area (Å²) in [5.41, 5.74) is 0. The van der Waals surface area contributed by atoms with Gasteiger partial charge in [-0.1, -0.05) is 6.92 Å². The molecule has 1 saturated carbocycles. The Labute approximate surface area is 88.1 Å². The van der Waals surface area contributed by atoms with Gasteiger partial charge in [0.1, 0.15) is 0 Å². The first kappa shape index (κ1) is 10.6. The van der Waals surface area contributed by atoms with Crippen LogP contribution < -0.4 is 0 Å². The summed E-state index contributed by atoms with van der Waals surface area (Å²) in [5, 5.41) is 0. The Morgan fingerprint density at radius 3 is 2.71 bits per heavy atom. The van der Waals surface area contributed by atoms with Crippen molar-refractivity contribution in [3.63, 3.8) is 0 Å². The molecule has 3 atom stereocenters. The Bertz CT molecular complexity index is 205. The van der Waals surface area contributed by atoms with Crippen LogP contribution in [-0.2, 0) is 9.16 Å². The van der Waals surface area contributed by atoms with E-state index >= 15 is 0 Å². The Hall–Kier alpha value is 0.137. The summed E-state index contributed by atoms with van der Waals surface area (Å²) in [6.07, 6.45) is 5.06. The van der Waals surface area contributed by atoms with E-state index in [4.69, 9.17) is 9.16 Å². The molecule has 1 heterocycles. The lowest BCUT2D eigenvalue weighted by molar-refractivity contribution is 0.209. The van der Waals surface area contributed by atoms with Crippen molar-refractivity contribution in [1.82, 2.24) is 0 Å². The molecule has 0 radical (unpaired) electrons. The van der Waals surface area contributed by atoms with Crippen LogP contribution in [-0.4, -0.2) is 27.1 Å². The van der Waals surface area contributed by atoms with Crippen molar-refractivity contribution < 1.29 is 9.16 Å². The molecule has 1 saturated heterocycles. The monoisotopic (exact) mass is 214 g/mol. The summed E-state index contributed by atoms with van der Waals surface area (Å²) in [7, 11) is -1.31. The van der Waals surface area contributed by atoms with Gasteiger partial charge in [0.25, 0.3) is 0 Å². The molecule has 2 rings (SSSR count). The second kappa shape index (κ2) is 3.95. The Kier molecular flexibility index (Phi) is 3.00. The van der Waals surface area contributed by atoms with E-state index < -0.39 is 8.32 Å². The molecular weight excluding hydrogens is 192 g/mol. The van der Waals surface area contributed by atoms with Crippen molar-refractivity contribution in [2.45, 2.75) is 57.5 Å². The van der Waals surface area contributed by atoms with Gasteiger partial charge in [-0.15, -0.1) is 0 Å². The highest BCUT2D eigenvalue weighted by molar-refractivity contribution is 6.71. The quantitative estimate of drug-likeness (QED) is 0.530. The molecule has 0 spiro atoms. The van der Waals surface area contributed by atoms with E-state index in [9.17, 15) is 0 Å². The smallest absolute Gasteiger partial charge is 0.186 e. The maximum Gasteiger partial charge on any atom is 0.186 e. The molecule has 0 amide bonds. The van der Waals surface area contributed by atoms with Crippen LogP contribution in [0.3, 0.4) is 0 Å². The van der Waals surface area contributed by atoms with Gasteiger partial charge >= 0.3 is 0 Å². The molecule has 3 unspecified atom stereocenters. The third-order valence-electron chi connectivity index (χ3n) is 3.67. The van der Waals surface area contributed by atoms with Crippen molar-refractivity contribution in [3.05, 3.63) is 0 Å². The van der Waals surface area contributed by atoms with Crippen LogP contribution in [0.5, 0.6) is 0 Å². The van der Waals surface area contributed by atoms with E-state index in [0.717, 1.165) is 12.5 Å². The van der Waals surface area contributed by atoms with Crippen molar-refractivity contribution in [2.24, 2.45) is 5.92 Å². The van der Waals surface area contributed by atoms with Gasteiger partial charge in [0.2, 0.25) is 0 Å². The number of rotatable bonds is 4. The molecule has 2 fully saturated rings. The van der Waals surface area contributed by atoms with Crippen LogP contribution in [0.1, 0.15) is 26.2 Å². The van der Waals surface area contributed by atoms with E-state index in [1.54, 1.807) is 0 Å². The van der Waals surface area contributed by atoms with Gasteiger partial charge in [-0.2, -0.15) is 0 Å². The molecule has 0 N–H and O–H groups in total. The number of ether oxygens (including phenoxy) is 1. The normalized spacial score (nSPS) is 36.6. The Morgan fingerprint density at radius 2 is 2.07 bits per heavy atom. The van der Waals surface area contributed by atoms with Gasteiger partial charge < -0.3 is 9.16 Å². The summed E-state index contributed by atoms with van der Waals surface area (Å²) < 4.78 is 11.6. The number of hydrogen-bond acceptors (Lipinski definition) is 2. The second-order valence-corrected chi connectivity index (χ2v) is 9.83. The largest absolute Gasteiger partial charge is 0.417 e. The van der Waals surface area contributed by atoms with Gasteiger partial charge in [-0.05, 0) is 44.3 Å². The van der Waals surface area contributed by atoms with Crippen LogP contribution >= 0.6 is 0 Å². The lowest BCUT2D eigenvalue weighted by Gasteiger charge is -2.26. The maximum atomic E-state index is 6.07. The summed E-state index contributed by atoms with van der Waals surface area (Å²) in [6.45, 7) is 7.85. The molecule has 3 heteroatoms. The standard InChI is InChI=1S/C11H22O2Si/c1-4-14(2,3)12-8-9-5-6-10-11(7-9)13-10/h9-11H,4-8H2,1-3H3. The van der Waals surface area contributed by atoms with Crippen molar-refractivity contribution >= 4 is 8.32 Å². The molecule has 1 aliphatic carbocycles. The number of epoxide rings is 1. The van der Waals surface area contributed by atoms with E-state index in [2.05, 4.69) is 20.0 Å². The fraction of sp³-hybridized carbons (Fsp3) is 1.00. The highest BCUT2D eigenvalue weighted by Gasteiger charge is 2.43. The van der Waals surface area contributed by atoms with E-state index in [1.165, 1.54) is 25.3 Å². The zero-order chi connectivity index (χ0) is 10.2. The average molecular weight is 214 g/mol. The molecule has 82 valence electrons. The zero-order valence-corrected chi connectivity index (χ0v) is 10.6. The third kappa shape index (κ3) is 2.58. The number of fused-ring (bicyclic) bond motifs is 1. The second-order valence-electron chi connectivity index (χ2n) is 5.32. The van der Waals surface area contributed by atoms with E-state index in [0.29, 0.717) is 12.2 Å². The van der Waals surface area contributed by atoms with Crippen LogP contribution in [0.2, 0.25) is 19.1 Å². The number of hydrogen-bond donors (Lipinski definition) is 0. The maximum absolute atomic E-state index is 6.07. The first-order valence-electron chi connectivity index (χ1n) is 5.90. The molecule has 2 aliphatic rings. The fourth-order valence-corrected chi connectivity index (χ4v) is 2.97. The summed E-state index contributed by atoms with van der Waals surface area (Å²) in [6, 6.07) is 1.22. The van der Waals surface area contributed by atoms with Gasteiger partial charge in [0.05, 0.1) is 12.2 Å².